The SMILES string of the molecule is CCCC(c1ccc(Br)s1)n1ccnc1. The number of imidazole rings is 1. The Bertz CT molecular complexity index is 408. The largest absolute Gasteiger partial charge is 0.329 e. The molecule has 0 saturated heterocycles. The summed E-state index contributed by atoms with van der Waals surface area (Å²) in [6.07, 6.45) is 8.11. The fourth-order valence-electron chi connectivity index (χ4n) is 1.67. The molecule has 2 rings (SSSR count). The van der Waals surface area contributed by atoms with Crippen molar-refractivity contribution in [2.24, 2.45) is 0 Å². The summed E-state index contributed by atoms with van der Waals surface area (Å²) in [6, 6.07) is 4.74. The summed E-state index contributed by atoms with van der Waals surface area (Å²) in [6.45, 7) is 2.21. The Morgan fingerprint density at radius 1 is 1.53 bits per heavy atom. The molecule has 0 aliphatic carbocycles. The molecule has 0 N–H and O–H groups in total. The average Bonchev–Trinajstić information content (AvgIpc) is 2.85. The van der Waals surface area contributed by atoms with Gasteiger partial charge >= 0.3 is 0 Å². The highest BCUT2D eigenvalue weighted by Crippen LogP contribution is 2.32. The minimum Gasteiger partial charge on any atom is -0.329 e. The maximum absolute atomic E-state index is 4.11. The lowest BCUT2D eigenvalue weighted by Gasteiger charge is -2.15. The maximum atomic E-state index is 4.11. The molecule has 0 bridgehead atoms. The summed E-state index contributed by atoms with van der Waals surface area (Å²) in [5.41, 5.74) is 0. The van der Waals surface area contributed by atoms with Crippen molar-refractivity contribution in [2.75, 3.05) is 0 Å². The van der Waals surface area contributed by atoms with E-state index in [1.54, 1.807) is 11.3 Å². The Morgan fingerprint density at radius 3 is 2.93 bits per heavy atom. The predicted molar refractivity (Wildman–Crippen MR) is 67.3 cm³/mol. The van der Waals surface area contributed by atoms with Crippen molar-refractivity contribution in [3.8, 4) is 0 Å². The molecular formula is C11H13BrN2S. The molecule has 0 radical (unpaired) electrons. The van der Waals surface area contributed by atoms with E-state index in [-0.39, 0.29) is 0 Å². The van der Waals surface area contributed by atoms with Crippen molar-refractivity contribution in [3.05, 3.63) is 39.5 Å². The van der Waals surface area contributed by atoms with Crippen molar-refractivity contribution in [2.45, 2.75) is 25.8 Å². The third kappa shape index (κ3) is 2.49. The van der Waals surface area contributed by atoms with Crippen LogP contribution in [0.1, 0.15) is 30.7 Å². The molecule has 0 aliphatic heterocycles. The standard InChI is InChI=1S/C11H13BrN2S/c1-2-3-9(14-7-6-13-8-14)10-4-5-11(12)15-10/h4-9H,2-3H2,1H3. The number of nitrogens with zero attached hydrogens (tertiary/aromatic N) is 2. The van der Waals surface area contributed by atoms with Crippen LogP contribution in [0.3, 0.4) is 0 Å². The van der Waals surface area contributed by atoms with Crippen molar-refractivity contribution < 1.29 is 0 Å². The van der Waals surface area contributed by atoms with E-state index in [1.807, 2.05) is 18.7 Å². The molecule has 2 aromatic rings. The lowest BCUT2D eigenvalue weighted by atomic mass is 10.1. The van der Waals surface area contributed by atoms with Crippen LogP contribution < -0.4 is 0 Å². The zero-order valence-corrected chi connectivity index (χ0v) is 11.0. The van der Waals surface area contributed by atoms with Crippen LogP contribution in [0.4, 0.5) is 0 Å². The molecule has 2 aromatic heterocycles. The minimum atomic E-state index is 0.439. The molecule has 0 fully saturated rings. The van der Waals surface area contributed by atoms with E-state index in [4.69, 9.17) is 0 Å². The van der Waals surface area contributed by atoms with E-state index in [9.17, 15) is 0 Å². The average molecular weight is 285 g/mol. The summed E-state index contributed by atoms with van der Waals surface area (Å²) in [5, 5.41) is 0. The first kappa shape index (κ1) is 10.9. The molecule has 0 saturated carbocycles. The first-order valence-electron chi connectivity index (χ1n) is 5.04. The molecule has 4 heteroatoms. The normalized spacial score (nSPS) is 12.9. The van der Waals surface area contributed by atoms with Gasteiger partial charge in [0.15, 0.2) is 0 Å². The Kier molecular flexibility index (Phi) is 3.59. The molecule has 1 unspecified atom stereocenters. The van der Waals surface area contributed by atoms with E-state index in [2.05, 4.69) is 44.5 Å². The summed E-state index contributed by atoms with van der Waals surface area (Å²) < 4.78 is 3.38. The summed E-state index contributed by atoms with van der Waals surface area (Å²) >= 11 is 5.31. The van der Waals surface area contributed by atoms with Crippen LogP contribution >= 0.6 is 27.3 Å². The number of aromatic nitrogens is 2. The van der Waals surface area contributed by atoms with Crippen LogP contribution in [0.5, 0.6) is 0 Å². The van der Waals surface area contributed by atoms with Crippen LogP contribution in [0.2, 0.25) is 0 Å². The molecule has 2 nitrogen and oxygen atoms in total. The fourth-order valence-corrected chi connectivity index (χ4v) is 3.24. The number of rotatable bonds is 4. The van der Waals surface area contributed by atoms with Gasteiger partial charge in [-0.05, 0) is 34.5 Å². The van der Waals surface area contributed by atoms with Gasteiger partial charge in [-0.25, -0.2) is 4.98 Å². The Balaban J connectivity index is 2.27. The van der Waals surface area contributed by atoms with Crippen molar-refractivity contribution >= 4 is 27.3 Å². The van der Waals surface area contributed by atoms with Gasteiger partial charge < -0.3 is 4.57 Å². The summed E-state index contributed by atoms with van der Waals surface area (Å²) in [4.78, 5) is 5.50. The Morgan fingerprint density at radius 2 is 2.40 bits per heavy atom. The Hall–Kier alpha value is -0.610. The van der Waals surface area contributed by atoms with Crippen molar-refractivity contribution in [3.63, 3.8) is 0 Å². The Labute approximate surface area is 102 Å². The monoisotopic (exact) mass is 284 g/mol. The molecule has 0 aliphatic rings. The zero-order chi connectivity index (χ0) is 10.7. The second kappa shape index (κ2) is 4.94. The molecule has 15 heavy (non-hydrogen) atoms. The lowest BCUT2D eigenvalue weighted by molar-refractivity contribution is 0.541. The van der Waals surface area contributed by atoms with E-state index in [1.165, 1.54) is 15.1 Å². The molecule has 1 atom stereocenters. The summed E-state index contributed by atoms with van der Waals surface area (Å²) in [5.74, 6) is 0. The van der Waals surface area contributed by atoms with E-state index < -0.39 is 0 Å². The lowest BCUT2D eigenvalue weighted by Crippen LogP contribution is -2.06. The number of hydrogen-bond acceptors (Lipinski definition) is 2. The van der Waals surface area contributed by atoms with Gasteiger partial charge in [0, 0.05) is 17.3 Å². The topological polar surface area (TPSA) is 17.8 Å². The second-order valence-electron chi connectivity index (χ2n) is 3.46. The van der Waals surface area contributed by atoms with Crippen LogP contribution in [0.25, 0.3) is 0 Å². The van der Waals surface area contributed by atoms with Crippen LogP contribution in [0.15, 0.2) is 34.6 Å². The number of hydrogen-bond donors (Lipinski definition) is 0. The third-order valence-electron chi connectivity index (χ3n) is 2.37. The molecule has 0 aromatic carbocycles. The van der Waals surface area contributed by atoms with Crippen LogP contribution in [-0.4, -0.2) is 9.55 Å². The van der Waals surface area contributed by atoms with Crippen LogP contribution in [0, 0.1) is 0 Å². The zero-order valence-electron chi connectivity index (χ0n) is 8.56. The summed E-state index contributed by atoms with van der Waals surface area (Å²) in [7, 11) is 0. The fraction of sp³-hybridized carbons (Fsp3) is 0.364. The first-order valence-corrected chi connectivity index (χ1v) is 6.65. The smallest absolute Gasteiger partial charge is 0.0951 e. The molecule has 80 valence electrons. The van der Waals surface area contributed by atoms with E-state index in [0.717, 1.165) is 6.42 Å². The van der Waals surface area contributed by atoms with Gasteiger partial charge in [-0.15, -0.1) is 11.3 Å². The third-order valence-corrected chi connectivity index (χ3v) is 4.09. The highest BCUT2D eigenvalue weighted by molar-refractivity contribution is 9.11. The highest BCUT2D eigenvalue weighted by Gasteiger charge is 2.13. The van der Waals surface area contributed by atoms with Gasteiger partial charge in [-0.2, -0.15) is 0 Å². The van der Waals surface area contributed by atoms with Gasteiger partial charge in [-0.1, -0.05) is 13.3 Å². The molecule has 2 heterocycles. The minimum absolute atomic E-state index is 0.439. The van der Waals surface area contributed by atoms with Gasteiger partial charge in [-0.3, -0.25) is 0 Å². The van der Waals surface area contributed by atoms with Crippen molar-refractivity contribution in [1.82, 2.24) is 9.55 Å². The second-order valence-corrected chi connectivity index (χ2v) is 5.95. The maximum Gasteiger partial charge on any atom is 0.0951 e. The van der Waals surface area contributed by atoms with Gasteiger partial charge in [0.25, 0.3) is 0 Å². The quantitative estimate of drug-likeness (QED) is 0.827. The molecular weight excluding hydrogens is 272 g/mol. The number of halogens is 1. The van der Waals surface area contributed by atoms with Crippen molar-refractivity contribution in [1.29, 1.82) is 0 Å². The number of thiophene rings is 1. The van der Waals surface area contributed by atoms with Gasteiger partial charge in [0.05, 0.1) is 16.2 Å². The molecule has 0 spiro atoms. The van der Waals surface area contributed by atoms with E-state index >= 15 is 0 Å². The van der Waals surface area contributed by atoms with Gasteiger partial charge in [0.2, 0.25) is 0 Å². The van der Waals surface area contributed by atoms with E-state index in [0.29, 0.717) is 6.04 Å². The first-order chi connectivity index (χ1) is 7.31. The molecule has 0 amide bonds. The van der Waals surface area contributed by atoms with Gasteiger partial charge in [0.1, 0.15) is 0 Å². The predicted octanol–water partition coefficient (Wildman–Crippen LogP) is 4.10. The highest BCUT2D eigenvalue weighted by atomic mass is 79.9. The van der Waals surface area contributed by atoms with Crippen LogP contribution in [-0.2, 0) is 0 Å².